The van der Waals surface area contributed by atoms with Gasteiger partial charge in [0.2, 0.25) is 11.8 Å². The van der Waals surface area contributed by atoms with Crippen molar-refractivity contribution in [2.24, 2.45) is 5.92 Å². The Kier molecular flexibility index (Phi) is 7.55. The molecule has 1 aliphatic carbocycles. The highest BCUT2D eigenvalue weighted by Gasteiger charge is 2.25. The number of hydrogen-bond acceptors (Lipinski definition) is 6. The smallest absolute Gasteiger partial charge is 0.239 e. The van der Waals surface area contributed by atoms with Gasteiger partial charge in [-0.15, -0.1) is 11.3 Å². The molecule has 1 aliphatic rings. The number of halogens is 1. The summed E-state index contributed by atoms with van der Waals surface area (Å²) in [6.45, 7) is 2.22. The number of nitriles is 1. The number of fused-ring (bicyclic) bond motifs is 1. The average Bonchev–Trinajstić information content (AvgIpc) is 3.03. The van der Waals surface area contributed by atoms with Crippen LogP contribution >= 0.6 is 22.9 Å². The highest BCUT2D eigenvalue weighted by atomic mass is 35.5. The molecule has 0 spiro atoms. The fourth-order valence-electron chi connectivity index (χ4n) is 3.64. The van der Waals surface area contributed by atoms with Crippen LogP contribution < -0.4 is 15.4 Å². The molecule has 0 unspecified atom stereocenters. The van der Waals surface area contributed by atoms with Gasteiger partial charge in [-0.25, -0.2) is 0 Å². The van der Waals surface area contributed by atoms with E-state index in [2.05, 4.69) is 23.6 Å². The zero-order chi connectivity index (χ0) is 22.5. The van der Waals surface area contributed by atoms with Crippen molar-refractivity contribution in [2.45, 2.75) is 26.2 Å². The standard InChI is InChI=1S/C22H25ClN4O3S/c1-13-4-6-15-16(10-24)22(31-19(15)8-13)26-21(29)12-27(2)11-20(28)25-17-9-14(23)5-7-18(17)30-3/h5,7,9,13H,4,6,8,11-12H2,1-3H3,(H,25,28)(H,26,29)/t13-/m1/s1. The quantitative estimate of drug-likeness (QED) is 0.653. The summed E-state index contributed by atoms with van der Waals surface area (Å²) in [6, 6.07) is 7.19. The summed E-state index contributed by atoms with van der Waals surface area (Å²) in [7, 11) is 3.19. The van der Waals surface area contributed by atoms with Gasteiger partial charge in [0, 0.05) is 9.90 Å². The number of anilines is 2. The third-order valence-electron chi connectivity index (χ3n) is 5.14. The maximum absolute atomic E-state index is 12.5. The fraction of sp³-hybridized carbons (Fsp3) is 0.409. The number of carbonyl (C=O) groups is 2. The van der Waals surface area contributed by atoms with Gasteiger partial charge in [-0.2, -0.15) is 5.26 Å². The Balaban J connectivity index is 1.57. The first-order valence-electron chi connectivity index (χ1n) is 9.97. The SMILES string of the molecule is COc1ccc(Cl)cc1NC(=O)CN(C)CC(=O)Nc1sc2c(c1C#N)CC[C@@H](C)C2. The van der Waals surface area contributed by atoms with Crippen LogP contribution in [0.1, 0.15) is 29.3 Å². The van der Waals surface area contributed by atoms with Crippen LogP contribution in [0, 0.1) is 17.2 Å². The van der Waals surface area contributed by atoms with Gasteiger partial charge in [0.1, 0.15) is 16.8 Å². The molecule has 0 aliphatic heterocycles. The summed E-state index contributed by atoms with van der Waals surface area (Å²) < 4.78 is 5.22. The Hall–Kier alpha value is -2.60. The van der Waals surface area contributed by atoms with Gasteiger partial charge < -0.3 is 15.4 Å². The summed E-state index contributed by atoms with van der Waals surface area (Å²) in [5, 5.41) is 16.3. The Labute approximate surface area is 190 Å². The highest BCUT2D eigenvalue weighted by Crippen LogP contribution is 2.39. The van der Waals surface area contributed by atoms with E-state index in [0.717, 1.165) is 24.8 Å². The van der Waals surface area contributed by atoms with E-state index < -0.39 is 0 Å². The van der Waals surface area contributed by atoms with Gasteiger partial charge in [-0.1, -0.05) is 18.5 Å². The van der Waals surface area contributed by atoms with Crippen LogP contribution in [0.2, 0.25) is 5.02 Å². The molecule has 31 heavy (non-hydrogen) atoms. The van der Waals surface area contributed by atoms with Gasteiger partial charge in [0.05, 0.1) is 31.5 Å². The summed E-state index contributed by atoms with van der Waals surface area (Å²) in [5.41, 5.74) is 2.12. The molecule has 2 aromatic rings. The fourth-order valence-corrected chi connectivity index (χ4v) is 5.19. The number of thiophene rings is 1. The van der Waals surface area contributed by atoms with E-state index in [9.17, 15) is 14.9 Å². The van der Waals surface area contributed by atoms with E-state index >= 15 is 0 Å². The Bertz CT molecular complexity index is 1030. The van der Waals surface area contributed by atoms with Crippen molar-refractivity contribution >= 4 is 45.4 Å². The second-order valence-corrected chi connectivity index (χ2v) is 9.32. The second kappa shape index (κ2) is 10.1. The minimum absolute atomic E-state index is 0.00660. The summed E-state index contributed by atoms with van der Waals surface area (Å²) >= 11 is 7.48. The van der Waals surface area contributed by atoms with Crippen molar-refractivity contribution in [3.63, 3.8) is 0 Å². The minimum Gasteiger partial charge on any atom is -0.495 e. The van der Waals surface area contributed by atoms with Crippen LogP contribution in [-0.2, 0) is 22.4 Å². The lowest BCUT2D eigenvalue weighted by Gasteiger charge is -2.17. The number of methoxy groups -OCH3 is 1. The lowest BCUT2D eigenvalue weighted by Crippen LogP contribution is -2.36. The van der Waals surface area contributed by atoms with Crippen molar-refractivity contribution in [3.8, 4) is 11.8 Å². The molecule has 1 aromatic heterocycles. The second-order valence-electron chi connectivity index (χ2n) is 7.78. The van der Waals surface area contributed by atoms with E-state index in [1.807, 2.05) is 0 Å². The zero-order valence-electron chi connectivity index (χ0n) is 17.8. The monoisotopic (exact) mass is 460 g/mol. The van der Waals surface area contributed by atoms with Crippen LogP contribution in [0.15, 0.2) is 18.2 Å². The molecule has 3 rings (SSSR count). The molecule has 1 atom stereocenters. The number of nitrogens with one attached hydrogen (secondary N) is 2. The van der Waals surface area contributed by atoms with Gasteiger partial charge >= 0.3 is 0 Å². The third-order valence-corrected chi connectivity index (χ3v) is 6.54. The molecule has 164 valence electrons. The number of rotatable bonds is 7. The van der Waals surface area contributed by atoms with Crippen LogP contribution in [0.25, 0.3) is 0 Å². The van der Waals surface area contributed by atoms with Crippen molar-refractivity contribution in [2.75, 3.05) is 37.9 Å². The zero-order valence-corrected chi connectivity index (χ0v) is 19.3. The maximum atomic E-state index is 12.5. The van der Waals surface area contributed by atoms with Crippen molar-refractivity contribution in [1.29, 1.82) is 5.26 Å². The van der Waals surface area contributed by atoms with Gasteiger partial charge in [0.25, 0.3) is 0 Å². The molecule has 1 aromatic carbocycles. The van der Waals surface area contributed by atoms with E-state index in [1.165, 1.54) is 23.3 Å². The molecular formula is C22H25ClN4O3S. The number of carbonyl (C=O) groups excluding carboxylic acids is 2. The number of hydrogen-bond donors (Lipinski definition) is 2. The first-order valence-corrected chi connectivity index (χ1v) is 11.2. The topological polar surface area (TPSA) is 94.5 Å². The largest absolute Gasteiger partial charge is 0.495 e. The number of ether oxygens (including phenoxy) is 1. The van der Waals surface area contributed by atoms with Crippen LogP contribution in [0.3, 0.4) is 0 Å². The normalized spacial score (nSPS) is 15.2. The molecule has 2 N–H and O–H groups in total. The van der Waals surface area contributed by atoms with E-state index in [4.69, 9.17) is 16.3 Å². The summed E-state index contributed by atoms with van der Waals surface area (Å²) in [4.78, 5) is 27.7. The first kappa shape index (κ1) is 23.1. The molecule has 7 nitrogen and oxygen atoms in total. The van der Waals surface area contributed by atoms with E-state index in [-0.39, 0.29) is 24.9 Å². The van der Waals surface area contributed by atoms with Crippen LogP contribution in [0.5, 0.6) is 5.75 Å². The Morgan fingerprint density at radius 3 is 2.71 bits per heavy atom. The molecule has 9 heteroatoms. The summed E-state index contributed by atoms with van der Waals surface area (Å²) in [5.74, 6) is 0.523. The average molecular weight is 461 g/mol. The molecule has 0 bridgehead atoms. The van der Waals surface area contributed by atoms with Gasteiger partial charge in [0.15, 0.2) is 0 Å². The molecule has 0 fully saturated rings. The molecule has 1 heterocycles. The first-order chi connectivity index (χ1) is 14.8. The number of benzene rings is 1. The van der Waals surface area contributed by atoms with E-state index in [1.54, 1.807) is 30.1 Å². The molecule has 2 amide bonds. The molecule has 0 saturated heterocycles. The van der Waals surface area contributed by atoms with Gasteiger partial charge in [-0.3, -0.25) is 14.5 Å². The third kappa shape index (κ3) is 5.76. The highest BCUT2D eigenvalue weighted by molar-refractivity contribution is 7.16. The maximum Gasteiger partial charge on any atom is 0.239 e. The molecular weight excluding hydrogens is 436 g/mol. The minimum atomic E-state index is -0.297. The Morgan fingerprint density at radius 1 is 1.32 bits per heavy atom. The lowest BCUT2D eigenvalue weighted by atomic mass is 9.89. The van der Waals surface area contributed by atoms with Gasteiger partial charge in [-0.05, 0) is 56.0 Å². The summed E-state index contributed by atoms with van der Waals surface area (Å²) in [6.07, 6.45) is 2.87. The van der Waals surface area contributed by atoms with E-state index in [0.29, 0.717) is 32.9 Å². The Morgan fingerprint density at radius 2 is 2.03 bits per heavy atom. The predicted octanol–water partition coefficient (Wildman–Crippen LogP) is 3.92. The van der Waals surface area contributed by atoms with Crippen molar-refractivity contribution < 1.29 is 14.3 Å². The van der Waals surface area contributed by atoms with Crippen molar-refractivity contribution in [3.05, 3.63) is 39.2 Å². The lowest BCUT2D eigenvalue weighted by molar-refractivity contribution is -0.119. The van der Waals surface area contributed by atoms with Crippen molar-refractivity contribution in [1.82, 2.24) is 4.90 Å². The molecule has 0 saturated carbocycles. The predicted molar refractivity (Wildman–Crippen MR) is 123 cm³/mol. The number of nitrogens with zero attached hydrogens (tertiary/aromatic N) is 2. The number of likely N-dealkylation sites (N-methyl/N-ethyl adjacent to an activating group) is 1. The van der Waals surface area contributed by atoms with Crippen LogP contribution in [-0.4, -0.2) is 44.0 Å². The van der Waals surface area contributed by atoms with Crippen LogP contribution in [0.4, 0.5) is 10.7 Å². The number of amides is 2. The molecule has 0 radical (unpaired) electrons.